The maximum Gasteiger partial charge on any atom is 0.233 e. The highest BCUT2D eigenvalue weighted by Gasteiger charge is 2.20. The number of unbranched alkanes of at least 4 members (excludes halogenated alkanes) is 1. The number of hydrogen-bond donors (Lipinski definition) is 2. The maximum absolute atomic E-state index is 12.7. The van der Waals surface area contributed by atoms with Gasteiger partial charge in [0.15, 0.2) is 5.16 Å². The van der Waals surface area contributed by atoms with E-state index in [0.29, 0.717) is 18.1 Å². The molecular weight excluding hydrogens is 382 g/mol. The molecule has 1 atom stereocenters. The highest BCUT2D eigenvalue weighted by Crippen LogP contribution is 2.28. The molecule has 2 heterocycles. The summed E-state index contributed by atoms with van der Waals surface area (Å²) in [5.41, 5.74) is 1.86. The number of benzene rings is 1. The monoisotopic (exact) mass is 409 g/mol. The van der Waals surface area contributed by atoms with Crippen molar-refractivity contribution in [2.45, 2.75) is 50.1 Å². The molecule has 1 aromatic carbocycles. The summed E-state index contributed by atoms with van der Waals surface area (Å²) in [6.45, 7) is 5.50. The smallest absolute Gasteiger partial charge is 0.233 e. The van der Waals surface area contributed by atoms with Crippen LogP contribution in [-0.4, -0.2) is 32.7 Å². The topological polar surface area (TPSA) is 79.8 Å². The number of pyridine rings is 1. The fourth-order valence-electron chi connectivity index (χ4n) is 2.88. The van der Waals surface area contributed by atoms with E-state index in [4.69, 9.17) is 4.98 Å². The third-order valence-corrected chi connectivity index (χ3v) is 5.73. The van der Waals surface area contributed by atoms with E-state index >= 15 is 0 Å². The summed E-state index contributed by atoms with van der Waals surface area (Å²) in [5.74, 6) is 0.816. The second-order valence-electron chi connectivity index (χ2n) is 6.75. The Morgan fingerprint density at radius 3 is 2.76 bits per heavy atom. The van der Waals surface area contributed by atoms with Gasteiger partial charge in [-0.2, -0.15) is 0 Å². The van der Waals surface area contributed by atoms with Gasteiger partial charge in [0, 0.05) is 30.9 Å². The van der Waals surface area contributed by atoms with E-state index in [9.17, 15) is 4.79 Å². The lowest BCUT2D eigenvalue weighted by Gasteiger charge is -2.15. The normalized spacial score (nSPS) is 11.9. The van der Waals surface area contributed by atoms with Gasteiger partial charge in [-0.05, 0) is 36.6 Å². The van der Waals surface area contributed by atoms with E-state index < -0.39 is 0 Å². The molecule has 3 rings (SSSR count). The van der Waals surface area contributed by atoms with Crippen molar-refractivity contribution in [3.05, 3.63) is 54.4 Å². The number of carbonyl (C=O) groups is 1. The Bertz CT molecular complexity index is 935. The van der Waals surface area contributed by atoms with Gasteiger partial charge in [0.05, 0.1) is 10.8 Å². The minimum Gasteiger partial charge on any atom is -0.369 e. The highest BCUT2D eigenvalue weighted by molar-refractivity contribution is 8.00. The summed E-state index contributed by atoms with van der Waals surface area (Å²) in [7, 11) is 0. The van der Waals surface area contributed by atoms with Crippen LogP contribution in [0.4, 0.5) is 5.82 Å². The van der Waals surface area contributed by atoms with Crippen molar-refractivity contribution in [2.75, 3.05) is 11.9 Å². The Kier molecular flexibility index (Phi) is 7.81. The second kappa shape index (κ2) is 10.8. The van der Waals surface area contributed by atoms with Gasteiger partial charge in [0.25, 0.3) is 0 Å². The molecular formula is C22H27N5OS. The number of carbonyl (C=O) groups excluding carboxylic acids is 1. The second-order valence-corrected chi connectivity index (χ2v) is 7.92. The summed E-state index contributed by atoms with van der Waals surface area (Å²) in [6, 6.07) is 11.8. The standard InChI is InChI=1S/C22H27N5OS/c1-3-5-13-24-20-17-10-6-7-11-18(17)26-22(27-20)29-19(4-2)21(28)25-15-16-9-8-12-23-14-16/h6-12,14,19H,3-5,13,15H2,1-2H3,(H,25,28)(H,24,26,27). The van der Waals surface area contributed by atoms with E-state index in [1.165, 1.54) is 11.8 Å². The van der Waals surface area contributed by atoms with Crippen molar-refractivity contribution in [1.82, 2.24) is 20.3 Å². The Labute approximate surface area is 175 Å². The molecule has 0 aliphatic rings. The van der Waals surface area contributed by atoms with Crippen LogP contribution in [0.2, 0.25) is 0 Å². The summed E-state index contributed by atoms with van der Waals surface area (Å²) in [6.07, 6.45) is 6.37. The molecule has 0 aliphatic carbocycles. The average Bonchev–Trinajstić information content (AvgIpc) is 2.76. The molecule has 29 heavy (non-hydrogen) atoms. The number of fused-ring (bicyclic) bond motifs is 1. The van der Waals surface area contributed by atoms with Crippen molar-refractivity contribution in [2.24, 2.45) is 0 Å². The Balaban J connectivity index is 1.73. The van der Waals surface area contributed by atoms with Crippen LogP contribution in [0.25, 0.3) is 10.9 Å². The zero-order valence-electron chi connectivity index (χ0n) is 16.9. The molecule has 0 spiro atoms. The van der Waals surface area contributed by atoms with Crippen LogP contribution < -0.4 is 10.6 Å². The Hall–Kier alpha value is -2.67. The molecule has 3 aromatic rings. The number of anilines is 1. The largest absolute Gasteiger partial charge is 0.369 e. The number of rotatable bonds is 10. The molecule has 2 N–H and O–H groups in total. The molecule has 1 amide bonds. The molecule has 2 aromatic heterocycles. The number of aromatic nitrogens is 3. The minimum absolute atomic E-state index is 0.0152. The van der Waals surface area contributed by atoms with Gasteiger partial charge in [-0.3, -0.25) is 9.78 Å². The highest BCUT2D eigenvalue weighted by atomic mass is 32.2. The lowest BCUT2D eigenvalue weighted by molar-refractivity contribution is -0.120. The lowest BCUT2D eigenvalue weighted by atomic mass is 10.2. The van der Waals surface area contributed by atoms with Crippen molar-refractivity contribution >= 4 is 34.4 Å². The van der Waals surface area contributed by atoms with Crippen LogP contribution in [0.15, 0.2) is 53.9 Å². The molecule has 0 saturated carbocycles. The first-order chi connectivity index (χ1) is 14.2. The number of hydrogen-bond acceptors (Lipinski definition) is 6. The van der Waals surface area contributed by atoms with Crippen LogP contribution in [0.3, 0.4) is 0 Å². The Morgan fingerprint density at radius 1 is 1.14 bits per heavy atom. The molecule has 0 saturated heterocycles. The van der Waals surface area contributed by atoms with Gasteiger partial charge >= 0.3 is 0 Å². The van der Waals surface area contributed by atoms with Crippen molar-refractivity contribution in [3.63, 3.8) is 0 Å². The van der Waals surface area contributed by atoms with Crippen molar-refractivity contribution in [3.8, 4) is 0 Å². The molecule has 1 unspecified atom stereocenters. The Morgan fingerprint density at radius 2 is 2.00 bits per heavy atom. The third kappa shape index (κ3) is 5.90. The summed E-state index contributed by atoms with van der Waals surface area (Å²) in [5, 5.41) is 7.78. The quantitative estimate of drug-likeness (QED) is 0.293. The van der Waals surface area contributed by atoms with Crippen LogP contribution in [0, 0.1) is 0 Å². The third-order valence-electron chi connectivity index (χ3n) is 4.51. The van der Waals surface area contributed by atoms with Crippen LogP contribution in [-0.2, 0) is 11.3 Å². The number of thioether (sulfide) groups is 1. The predicted molar refractivity (Wildman–Crippen MR) is 119 cm³/mol. The fourth-order valence-corrected chi connectivity index (χ4v) is 3.79. The van der Waals surface area contributed by atoms with Crippen LogP contribution in [0.5, 0.6) is 0 Å². The molecule has 0 radical (unpaired) electrons. The summed E-state index contributed by atoms with van der Waals surface area (Å²) >= 11 is 1.41. The SMILES string of the molecule is CCCCNc1nc(SC(CC)C(=O)NCc2cccnc2)nc2ccccc12. The first kappa shape index (κ1) is 21.0. The van der Waals surface area contributed by atoms with Gasteiger partial charge < -0.3 is 10.6 Å². The summed E-state index contributed by atoms with van der Waals surface area (Å²) in [4.78, 5) is 26.2. The molecule has 0 aliphatic heterocycles. The molecule has 0 bridgehead atoms. The molecule has 6 nitrogen and oxygen atoms in total. The van der Waals surface area contributed by atoms with Gasteiger partial charge in [-0.1, -0.05) is 50.2 Å². The van der Waals surface area contributed by atoms with E-state index in [2.05, 4.69) is 27.5 Å². The molecule has 152 valence electrons. The van der Waals surface area contributed by atoms with Gasteiger partial charge in [0.1, 0.15) is 5.82 Å². The summed E-state index contributed by atoms with van der Waals surface area (Å²) < 4.78 is 0. The van der Waals surface area contributed by atoms with E-state index in [1.807, 2.05) is 43.3 Å². The number of amides is 1. The molecule has 0 fully saturated rings. The molecule has 7 heteroatoms. The van der Waals surface area contributed by atoms with Gasteiger partial charge in [-0.15, -0.1) is 0 Å². The van der Waals surface area contributed by atoms with E-state index in [0.717, 1.165) is 41.7 Å². The van der Waals surface area contributed by atoms with Crippen molar-refractivity contribution < 1.29 is 4.79 Å². The van der Waals surface area contributed by atoms with Gasteiger partial charge in [-0.25, -0.2) is 9.97 Å². The average molecular weight is 410 g/mol. The van der Waals surface area contributed by atoms with E-state index in [-0.39, 0.29) is 11.2 Å². The number of para-hydroxylation sites is 1. The zero-order valence-corrected chi connectivity index (χ0v) is 17.7. The zero-order chi connectivity index (χ0) is 20.5. The van der Waals surface area contributed by atoms with Crippen LogP contribution >= 0.6 is 11.8 Å². The van der Waals surface area contributed by atoms with E-state index in [1.54, 1.807) is 12.4 Å². The minimum atomic E-state index is -0.253. The van der Waals surface area contributed by atoms with Crippen LogP contribution in [0.1, 0.15) is 38.7 Å². The number of nitrogens with one attached hydrogen (secondary N) is 2. The lowest BCUT2D eigenvalue weighted by Crippen LogP contribution is -2.32. The van der Waals surface area contributed by atoms with Gasteiger partial charge in [0.2, 0.25) is 5.91 Å². The first-order valence-corrected chi connectivity index (χ1v) is 10.9. The predicted octanol–water partition coefficient (Wildman–Crippen LogP) is 4.42. The first-order valence-electron chi connectivity index (χ1n) is 10.0. The van der Waals surface area contributed by atoms with Crippen molar-refractivity contribution in [1.29, 1.82) is 0 Å². The fraction of sp³-hybridized carbons (Fsp3) is 0.364. The number of nitrogens with zero attached hydrogens (tertiary/aromatic N) is 3. The maximum atomic E-state index is 12.7.